The van der Waals surface area contributed by atoms with Gasteiger partial charge in [0, 0.05) is 26.1 Å². The molecule has 2 aliphatic heterocycles. The van der Waals surface area contributed by atoms with Gasteiger partial charge in [-0.15, -0.1) is 0 Å². The van der Waals surface area contributed by atoms with Crippen LogP contribution in [0.2, 0.25) is 0 Å². The average molecular weight is 692 g/mol. The molecule has 262 valence electrons. The zero-order valence-electron chi connectivity index (χ0n) is 26.8. The summed E-state index contributed by atoms with van der Waals surface area (Å²) in [5.41, 5.74) is 9.15. The van der Waals surface area contributed by atoms with Gasteiger partial charge in [-0.05, 0) is 44.4 Å². The number of unbranched alkanes of at least 4 members (excludes halogenated alkanes) is 1. The molecular formula is C31H33N9O10. The fourth-order valence-electron chi connectivity index (χ4n) is 5.67. The Morgan fingerprint density at radius 2 is 1.70 bits per heavy atom. The summed E-state index contributed by atoms with van der Waals surface area (Å²) < 4.78 is 7.42. The van der Waals surface area contributed by atoms with Crippen molar-refractivity contribution in [3.8, 4) is 5.75 Å². The minimum absolute atomic E-state index is 0.00250. The fourth-order valence-corrected chi connectivity index (χ4v) is 5.67. The third kappa shape index (κ3) is 6.78. The molecule has 1 unspecified atom stereocenters. The second-order valence-corrected chi connectivity index (χ2v) is 11.4. The number of hydrogen-bond donors (Lipinski definition) is 5. The molecule has 0 radical (unpaired) electrons. The van der Waals surface area contributed by atoms with Gasteiger partial charge in [0.05, 0.1) is 22.1 Å². The maximum Gasteiger partial charge on any atom is 0.333 e. The van der Waals surface area contributed by atoms with Crippen molar-refractivity contribution in [2.24, 2.45) is 5.73 Å². The van der Waals surface area contributed by atoms with Crippen LogP contribution in [0.3, 0.4) is 0 Å². The molecule has 0 spiro atoms. The van der Waals surface area contributed by atoms with Crippen LogP contribution in [-0.4, -0.2) is 86.1 Å². The quantitative estimate of drug-likeness (QED) is 0.0939. The first-order chi connectivity index (χ1) is 23.8. The molecule has 1 saturated heterocycles. The molecule has 1 atom stereocenters. The minimum atomic E-state index is -1.14. The molecule has 7 N–H and O–H groups in total. The van der Waals surface area contributed by atoms with Gasteiger partial charge in [-0.3, -0.25) is 57.7 Å². The summed E-state index contributed by atoms with van der Waals surface area (Å²) in [7, 11) is 0. The lowest BCUT2D eigenvalue weighted by Crippen LogP contribution is -2.54. The second-order valence-electron chi connectivity index (χ2n) is 11.4. The Kier molecular flexibility index (Phi) is 10.0. The van der Waals surface area contributed by atoms with E-state index in [1.165, 1.54) is 18.2 Å². The van der Waals surface area contributed by atoms with Crippen molar-refractivity contribution in [3.05, 3.63) is 61.8 Å². The molecule has 5 rings (SSSR count). The molecule has 0 aliphatic carbocycles. The molecule has 7 amide bonds. The first kappa shape index (κ1) is 34.9. The van der Waals surface area contributed by atoms with Gasteiger partial charge in [-0.1, -0.05) is 6.07 Å². The lowest BCUT2D eigenvalue weighted by Gasteiger charge is -2.27. The number of rotatable bonds is 13. The summed E-state index contributed by atoms with van der Waals surface area (Å²) in [5.74, 6) is -5.02. The number of pyridine rings is 1. The average Bonchev–Trinajstić information content (AvgIpc) is 3.33. The number of primary amides is 1. The highest BCUT2D eigenvalue weighted by Gasteiger charge is 2.46. The molecule has 0 saturated carbocycles. The Labute approximate surface area is 281 Å². The van der Waals surface area contributed by atoms with Crippen molar-refractivity contribution < 1.29 is 38.3 Å². The van der Waals surface area contributed by atoms with E-state index in [1.807, 2.05) is 0 Å². The Balaban J connectivity index is 1.09. The minimum Gasteiger partial charge on any atom is -0.483 e. The van der Waals surface area contributed by atoms with Gasteiger partial charge < -0.3 is 26.8 Å². The van der Waals surface area contributed by atoms with E-state index in [2.05, 4.69) is 20.9 Å². The van der Waals surface area contributed by atoms with Crippen molar-refractivity contribution in [1.82, 2.24) is 35.0 Å². The number of aryl methyl sites for hydroxylation is 1. The largest absolute Gasteiger partial charge is 0.483 e. The summed E-state index contributed by atoms with van der Waals surface area (Å²) in [6, 6.07) is 4.30. The van der Waals surface area contributed by atoms with E-state index in [0.29, 0.717) is 12.8 Å². The number of carbonyl (C=O) groups excluding carboxylic acids is 7. The fraction of sp³-hybridized carbons (Fsp3) is 0.355. The Morgan fingerprint density at radius 1 is 1.00 bits per heavy atom. The van der Waals surface area contributed by atoms with E-state index in [4.69, 9.17) is 16.2 Å². The van der Waals surface area contributed by atoms with Crippen LogP contribution in [0.4, 0.5) is 5.82 Å². The molecule has 50 heavy (non-hydrogen) atoms. The first-order valence-corrected chi connectivity index (χ1v) is 15.6. The third-order valence-electron chi connectivity index (χ3n) is 8.14. The number of nitrogens with two attached hydrogens (primary N) is 2. The van der Waals surface area contributed by atoms with E-state index in [1.54, 1.807) is 6.92 Å². The van der Waals surface area contributed by atoms with Gasteiger partial charge in [-0.25, -0.2) is 9.78 Å². The van der Waals surface area contributed by atoms with Crippen molar-refractivity contribution in [2.75, 3.05) is 25.4 Å². The Bertz CT molecular complexity index is 2090. The summed E-state index contributed by atoms with van der Waals surface area (Å²) in [4.78, 5) is 118. The number of fused-ring (bicyclic) bond motifs is 2. The monoisotopic (exact) mass is 691 g/mol. The van der Waals surface area contributed by atoms with Crippen LogP contribution < -0.4 is 43.4 Å². The summed E-state index contributed by atoms with van der Waals surface area (Å²) >= 11 is 0. The van der Waals surface area contributed by atoms with Crippen molar-refractivity contribution in [3.63, 3.8) is 0 Å². The van der Waals surface area contributed by atoms with Gasteiger partial charge in [-0.2, -0.15) is 0 Å². The third-order valence-corrected chi connectivity index (χ3v) is 8.14. The van der Waals surface area contributed by atoms with E-state index < -0.39 is 71.8 Å². The lowest BCUT2D eigenvalue weighted by atomic mass is 10.0. The lowest BCUT2D eigenvalue weighted by molar-refractivity contribution is -0.136. The van der Waals surface area contributed by atoms with Crippen LogP contribution in [0.25, 0.3) is 11.0 Å². The number of nitrogens with one attached hydrogen (secondary N) is 3. The summed E-state index contributed by atoms with van der Waals surface area (Å²) in [6.45, 7) is 1.03. The van der Waals surface area contributed by atoms with Crippen LogP contribution in [-0.2, 0) is 32.3 Å². The van der Waals surface area contributed by atoms with E-state index in [9.17, 15) is 43.2 Å². The van der Waals surface area contributed by atoms with Crippen molar-refractivity contribution in [1.29, 1.82) is 0 Å². The summed E-state index contributed by atoms with van der Waals surface area (Å²) in [5, 5.41) is 7.27. The van der Waals surface area contributed by atoms with Crippen LogP contribution in [0.15, 0.2) is 33.9 Å². The smallest absolute Gasteiger partial charge is 0.333 e. The van der Waals surface area contributed by atoms with Gasteiger partial charge >= 0.3 is 5.69 Å². The number of benzene rings is 1. The second kappa shape index (κ2) is 14.4. The highest BCUT2D eigenvalue weighted by molar-refractivity contribution is 6.24. The predicted octanol–water partition coefficient (Wildman–Crippen LogP) is -2.25. The van der Waals surface area contributed by atoms with Gasteiger partial charge in [0.1, 0.15) is 24.2 Å². The highest BCUT2D eigenvalue weighted by atomic mass is 16.5. The number of amides is 7. The predicted molar refractivity (Wildman–Crippen MR) is 173 cm³/mol. The van der Waals surface area contributed by atoms with Crippen LogP contribution in [0.5, 0.6) is 5.75 Å². The standard InChI is InChI=1S/C31H33N9O10/c1-2-38-26-17(12-16(25(33)44)24(32)37-26)28(46)39(31(38)49)13-21(42)34-10-3-4-11-35-22(43)14-50-19-7-5-6-15-23(19)30(48)40(29(15)47)18-8-9-20(41)36-27(18)45/h5-7,12,18H,2-4,8-11,13-14H2,1H3,(H2,32,37)(H2,33,44)(H,34,42)(H,35,43)(H,36,41,45). The van der Waals surface area contributed by atoms with E-state index >= 15 is 0 Å². The SMILES string of the molecule is CCn1c(=O)n(CC(=O)NCCCCNC(=O)COc2cccc3c2C(=O)N(C2CCC(=O)NC2=O)C3=O)c(=O)c2cc(C(N)=O)c(N)nc21. The number of hydrogen-bond acceptors (Lipinski definition) is 12. The maximum absolute atomic E-state index is 13.2. The number of aromatic nitrogens is 3. The zero-order valence-corrected chi connectivity index (χ0v) is 26.8. The number of nitrogens with zero attached hydrogens (tertiary/aromatic N) is 4. The van der Waals surface area contributed by atoms with Crippen LogP contribution in [0, 0.1) is 0 Å². The molecule has 4 heterocycles. The Morgan fingerprint density at radius 3 is 2.36 bits per heavy atom. The highest BCUT2D eigenvalue weighted by Crippen LogP contribution is 2.33. The van der Waals surface area contributed by atoms with Crippen molar-refractivity contribution >= 4 is 58.2 Å². The number of anilines is 1. The van der Waals surface area contributed by atoms with Gasteiger partial charge in [0.2, 0.25) is 17.7 Å². The Hall–Kier alpha value is -6.40. The van der Waals surface area contributed by atoms with E-state index in [-0.39, 0.29) is 71.8 Å². The van der Waals surface area contributed by atoms with Crippen LogP contribution >= 0.6 is 0 Å². The number of nitrogen functional groups attached to an aromatic ring is 1. The number of piperidine rings is 1. The molecule has 2 aromatic heterocycles. The molecule has 1 fully saturated rings. The van der Waals surface area contributed by atoms with Crippen molar-refractivity contribution in [2.45, 2.75) is 51.7 Å². The normalized spacial score (nSPS) is 15.5. The molecular weight excluding hydrogens is 658 g/mol. The van der Waals surface area contributed by atoms with Gasteiger partial charge in [0.25, 0.3) is 29.2 Å². The molecule has 0 bridgehead atoms. The molecule has 3 aromatic rings. The number of carbonyl (C=O) groups is 7. The van der Waals surface area contributed by atoms with Gasteiger partial charge in [0.15, 0.2) is 12.3 Å². The van der Waals surface area contributed by atoms with E-state index in [0.717, 1.165) is 20.1 Å². The topological polar surface area (TPSA) is 277 Å². The molecule has 2 aliphatic rings. The summed E-state index contributed by atoms with van der Waals surface area (Å²) in [6.07, 6.45) is 0.826. The molecule has 19 nitrogen and oxygen atoms in total. The number of ether oxygens (including phenoxy) is 1. The zero-order chi connectivity index (χ0) is 36.3. The molecule has 19 heteroatoms. The first-order valence-electron chi connectivity index (χ1n) is 15.6. The maximum atomic E-state index is 13.2. The van der Waals surface area contributed by atoms with Crippen LogP contribution in [0.1, 0.15) is 63.7 Å². The molecule has 1 aromatic carbocycles. The number of imide groups is 2.